The maximum Gasteiger partial charge on any atom is 1.00 e. The topological polar surface area (TPSA) is 200 Å². The summed E-state index contributed by atoms with van der Waals surface area (Å²) in [6, 6.07) is 32.2. The molecule has 6 heterocycles. The zero-order chi connectivity index (χ0) is 49.0. The van der Waals surface area contributed by atoms with Gasteiger partial charge in [0.1, 0.15) is 32.8 Å². The van der Waals surface area contributed by atoms with Gasteiger partial charge in [-0.15, -0.1) is 45.3 Å². The third-order valence-electron chi connectivity index (χ3n) is 12.5. The van der Waals surface area contributed by atoms with E-state index in [0.717, 1.165) is 74.1 Å². The number of carbonyl (C=O) groups excluding carboxylic acids is 2. The van der Waals surface area contributed by atoms with E-state index in [1.807, 2.05) is 96.0 Å². The van der Waals surface area contributed by atoms with Crippen molar-refractivity contribution in [1.29, 1.82) is 0 Å². The molecular formula is C52H57LiN4O10S4. The second kappa shape index (κ2) is 25.0. The maximum atomic E-state index is 11.2. The largest absolute Gasteiger partial charge is 1.00 e. The SMILES string of the molecule is CC(=O)O.O=C1CCC(O)(c2nc3ccccc3s2)CC1.O=C1CCC2(CC1)OCCO2.OC1(c2nc3ccccc3s2)CCC2(CC1)OCCO2.[H-].[Li+].c1ccc2scnc2c1.c1ccc2scnc2c1. The molecule has 370 valence electrons. The van der Waals surface area contributed by atoms with E-state index in [1.165, 1.54) is 20.7 Å². The van der Waals surface area contributed by atoms with E-state index in [9.17, 15) is 19.8 Å². The van der Waals surface area contributed by atoms with Crippen LogP contribution in [0.5, 0.6) is 0 Å². The Kier molecular flexibility index (Phi) is 19.2. The van der Waals surface area contributed by atoms with Crippen LogP contribution in [0.4, 0.5) is 0 Å². The molecule has 5 aliphatic rings. The average Bonchev–Trinajstić information content (AvgIpc) is 4.25. The number of carboxylic acids is 1. The van der Waals surface area contributed by atoms with Crippen LogP contribution >= 0.6 is 45.3 Å². The summed E-state index contributed by atoms with van der Waals surface area (Å²) in [7, 11) is 0. The molecule has 0 atom stereocenters. The molecule has 2 aliphatic heterocycles. The van der Waals surface area contributed by atoms with Gasteiger partial charge >= 0.3 is 18.9 Å². The van der Waals surface area contributed by atoms with E-state index in [4.69, 9.17) is 28.8 Å². The Morgan fingerprint density at radius 2 is 0.831 bits per heavy atom. The molecule has 3 saturated carbocycles. The van der Waals surface area contributed by atoms with Crippen molar-refractivity contribution >= 4 is 104 Å². The van der Waals surface area contributed by atoms with Gasteiger partial charge in [-0.3, -0.25) is 14.4 Å². The summed E-state index contributed by atoms with van der Waals surface area (Å²) in [6.07, 6.45) is 7.46. The molecule has 8 aromatic rings. The second-order valence-electron chi connectivity index (χ2n) is 17.5. The van der Waals surface area contributed by atoms with Crippen molar-refractivity contribution in [1.82, 2.24) is 19.9 Å². The number of hydrogen-bond donors (Lipinski definition) is 3. The van der Waals surface area contributed by atoms with Gasteiger partial charge in [-0.25, -0.2) is 19.9 Å². The predicted octanol–water partition coefficient (Wildman–Crippen LogP) is 8.10. The number of aliphatic carboxylic acids is 1. The van der Waals surface area contributed by atoms with E-state index >= 15 is 0 Å². The fraction of sp³-hybridized carbons (Fsp3) is 0.404. The maximum absolute atomic E-state index is 11.2. The van der Waals surface area contributed by atoms with Gasteiger partial charge in [-0.1, -0.05) is 48.5 Å². The Morgan fingerprint density at radius 1 is 0.507 bits per heavy atom. The molecule has 3 N–H and O–H groups in total. The smallest absolute Gasteiger partial charge is 1.00 e. The van der Waals surface area contributed by atoms with E-state index in [0.29, 0.717) is 83.6 Å². The molecule has 2 saturated heterocycles. The second-order valence-corrected chi connectivity index (χ2v) is 21.3. The first-order valence-corrected chi connectivity index (χ1v) is 26.8. The quantitative estimate of drug-likeness (QED) is 0.140. The number of ketones is 2. The molecule has 0 radical (unpaired) electrons. The number of fused-ring (bicyclic) bond motifs is 4. The molecule has 0 unspecified atom stereocenters. The van der Waals surface area contributed by atoms with E-state index in [-0.39, 0.29) is 31.9 Å². The van der Waals surface area contributed by atoms with Crippen molar-refractivity contribution < 1.29 is 68.9 Å². The third kappa shape index (κ3) is 14.4. The number of carbonyl (C=O) groups is 3. The number of aliphatic hydroxyl groups is 2. The first-order chi connectivity index (χ1) is 33.8. The van der Waals surface area contributed by atoms with Crippen LogP contribution in [-0.2, 0) is 44.5 Å². The number of hydrogen-bond acceptors (Lipinski definition) is 17. The van der Waals surface area contributed by atoms with Gasteiger partial charge in [0, 0.05) is 58.3 Å². The van der Waals surface area contributed by atoms with Gasteiger partial charge < -0.3 is 35.7 Å². The zero-order valence-electron chi connectivity index (χ0n) is 40.8. The van der Waals surface area contributed by atoms with Crippen LogP contribution in [0.3, 0.4) is 0 Å². The summed E-state index contributed by atoms with van der Waals surface area (Å²) in [5.74, 6) is -1.05. The van der Waals surface area contributed by atoms with Crippen LogP contribution in [-0.4, -0.2) is 90.8 Å². The Morgan fingerprint density at radius 3 is 1.21 bits per heavy atom. The average molecular weight is 1030 g/mol. The molecule has 5 fully saturated rings. The number of nitrogens with zero attached hydrogens (tertiary/aromatic N) is 4. The van der Waals surface area contributed by atoms with Gasteiger partial charge in [0.25, 0.3) is 5.97 Å². The number of aromatic nitrogens is 4. The molecule has 0 bridgehead atoms. The standard InChI is InChI=1S/C15H17NO3S.C13H13NO2S.C8H12O3.2C7H5NS.C2H4O2.Li.H/c17-14(5-7-15(8-6-14)18-9-10-19-15)13-16-11-3-1-2-4-12(11)20-13;15-9-5-7-13(16,8-6-9)12-14-10-3-1-2-4-11(10)17-12;9-7-1-3-8(4-2-7)10-5-6-11-8;2*1-2-4-7-6(3-1)8-5-9-7;1-2(3)4;;/h1-4,17H,5-10H2;1-4,16H,5-8H2;1-6H2;2*1-5H;1H3,(H,3,4);;/q;;;;;;+1;-1. The fourth-order valence-corrected chi connectivity index (χ4v) is 12.2. The minimum Gasteiger partial charge on any atom is -1.00 e. The molecule has 4 aromatic heterocycles. The fourth-order valence-electron chi connectivity index (χ4n) is 8.65. The summed E-state index contributed by atoms with van der Waals surface area (Å²) < 4.78 is 27.1. The molecule has 19 heteroatoms. The Hall–Kier alpha value is -4.39. The van der Waals surface area contributed by atoms with Crippen molar-refractivity contribution in [3.63, 3.8) is 0 Å². The summed E-state index contributed by atoms with van der Waals surface area (Å²) in [5, 5.41) is 30.5. The van der Waals surface area contributed by atoms with Gasteiger partial charge in [0.15, 0.2) is 11.6 Å². The van der Waals surface area contributed by atoms with Crippen LogP contribution in [0.2, 0.25) is 0 Å². The molecular weight excluding hydrogens is 976 g/mol. The molecule has 4 aromatic carbocycles. The Balaban J connectivity index is 0.000000148. The van der Waals surface area contributed by atoms with E-state index < -0.39 is 23.0 Å². The Labute approximate surface area is 441 Å². The van der Waals surface area contributed by atoms with Crippen LogP contribution in [0.15, 0.2) is 108 Å². The van der Waals surface area contributed by atoms with Crippen LogP contribution in [0, 0.1) is 0 Å². The number of thiazole rings is 4. The molecule has 14 nitrogen and oxygen atoms in total. The molecule has 13 rings (SSSR count). The number of para-hydroxylation sites is 4. The summed E-state index contributed by atoms with van der Waals surface area (Å²) in [4.78, 5) is 48.5. The van der Waals surface area contributed by atoms with Crippen LogP contribution in [0.25, 0.3) is 40.9 Å². The van der Waals surface area contributed by atoms with Crippen molar-refractivity contribution in [3.05, 3.63) is 118 Å². The van der Waals surface area contributed by atoms with Crippen molar-refractivity contribution in [3.8, 4) is 0 Å². The van der Waals surface area contributed by atoms with Crippen LogP contribution < -0.4 is 18.9 Å². The summed E-state index contributed by atoms with van der Waals surface area (Å²) in [6.45, 7) is 3.79. The van der Waals surface area contributed by atoms with Gasteiger partial charge in [-0.05, 0) is 74.2 Å². The van der Waals surface area contributed by atoms with E-state index in [1.54, 1.807) is 34.0 Å². The first-order valence-electron chi connectivity index (χ1n) is 23.4. The summed E-state index contributed by atoms with van der Waals surface area (Å²) in [5.41, 5.74) is 6.11. The molecule has 71 heavy (non-hydrogen) atoms. The normalized spacial score (nSPS) is 19.1. The van der Waals surface area contributed by atoms with Crippen molar-refractivity contribution in [2.75, 3.05) is 26.4 Å². The number of carboxylic acid groups (broad SMARTS) is 1. The number of benzene rings is 4. The van der Waals surface area contributed by atoms with Gasteiger partial charge in [-0.2, -0.15) is 0 Å². The number of ether oxygens (including phenoxy) is 4. The predicted molar refractivity (Wildman–Crippen MR) is 275 cm³/mol. The van der Waals surface area contributed by atoms with Crippen LogP contribution in [0.1, 0.15) is 95.4 Å². The molecule has 2 spiro atoms. The van der Waals surface area contributed by atoms with E-state index in [2.05, 4.69) is 32.1 Å². The molecule has 0 amide bonds. The van der Waals surface area contributed by atoms with Gasteiger partial charge in [0.2, 0.25) is 0 Å². The molecule has 3 aliphatic carbocycles. The Bertz CT molecular complexity index is 2780. The summed E-state index contributed by atoms with van der Waals surface area (Å²) >= 11 is 6.47. The monoisotopic (exact) mass is 1030 g/mol. The zero-order valence-corrected chi connectivity index (χ0v) is 43.1. The minimum absolute atomic E-state index is 0. The third-order valence-corrected chi connectivity index (χ3v) is 16.6. The first kappa shape index (κ1) is 54.4. The van der Waals surface area contributed by atoms with Crippen molar-refractivity contribution in [2.24, 2.45) is 0 Å². The number of Topliss-reactive ketones (excluding diaryl/α,β-unsaturated/α-hetero) is 2. The van der Waals surface area contributed by atoms with Crippen molar-refractivity contribution in [2.45, 2.75) is 107 Å². The number of rotatable bonds is 2. The van der Waals surface area contributed by atoms with Gasteiger partial charge in [0.05, 0.1) is 78.3 Å². The minimum atomic E-state index is -0.891.